The van der Waals surface area contributed by atoms with Gasteiger partial charge in [-0.15, -0.1) is 0 Å². The Hall–Kier alpha value is -1.12. The first-order chi connectivity index (χ1) is 7.58. The molecule has 2 rings (SSSR count). The molecule has 0 saturated heterocycles. The number of fused-ring (bicyclic) bond motifs is 1. The summed E-state index contributed by atoms with van der Waals surface area (Å²) in [5, 5.41) is 0. The van der Waals surface area contributed by atoms with Crippen LogP contribution in [0.1, 0.15) is 39.0 Å². The van der Waals surface area contributed by atoms with Crippen LogP contribution < -0.4 is 0 Å². The number of carbonyl (C=O) groups is 2. The predicted molar refractivity (Wildman–Crippen MR) is 59.8 cm³/mol. The molecule has 0 spiro atoms. The van der Waals surface area contributed by atoms with Gasteiger partial charge in [0.15, 0.2) is 5.78 Å². The minimum absolute atomic E-state index is 0.0739. The molecule has 16 heavy (non-hydrogen) atoms. The molecular weight excluding hydrogens is 204 g/mol. The Morgan fingerprint density at radius 1 is 1.50 bits per heavy atom. The van der Waals surface area contributed by atoms with Crippen LogP contribution in [0.5, 0.6) is 0 Å². The van der Waals surface area contributed by atoms with E-state index in [4.69, 9.17) is 4.74 Å². The molecule has 0 radical (unpaired) electrons. The van der Waals surface area contributed by atoms with Gasteiger partial charge in [0.1, 0.15) is 0 Å². The van der Waals surface area contributed by atoms with Crippen molar-refractivity contribution in [2.45, 2.75) is 39.0 Å². The highest BCUT2D eigenvalue weighted by atomic mass is 16.5. The summed E-state index contributed by atoms with van der Waals surface area (Å²) in [7, 11) is 1.40. The van der Waals surface area contributed by atoms with Crippen molar-refractivity contribution in [1.29, 1.82) is 0 Å². The van der Waals surface area contributed by atoms with Crippen LogP contribution in [0.25, 0.3) is 0 Å². The van der Waals surface area contributed by atoms with Gasteiger partial charge < -0.3 is 4.74 Å². The molecule has 0 heterocycles. The van der Waals surface area contributed by atoms with E-state index in [1.54, 1.807) is 6.08 Å². The second kappa shape index (κ2) is 4.04. The summed E-state index contributed by atoms with van der Waals surface area (Å²) < 4.78 is 4.83. The zero-order valence-electron chi connectivity index (χ0n) is 9.91. The summed E-state index contributed by atoms with van der Waals surface area (Å²) in [5.41, 5.74) is 1.02. The van der Waals surface area contributed by atoms with Crippen molar-refractivity contribution in [3.8, 4) is 0 Å². The van der Waals surface area contributed by atoms with Crippen molar-refractivity contribution in [1.82, 2.24) is 0 Å². The van der Waals surface area contributed by atoms with Crippen LogP contribution in [0, 0.1) is 11.3 Å². The van der Waals surface area contributed by atoms with Gasteiger partial charge in [0, 0.05) is 11.8 Å². The third kappa shape index (κ3) is 1.68. The highest BCUT2D eigenvalue weighted by molar-refractivity contribution is 5.95. The summed E-state index contributed by atoms with van der Waals surface area (Å²) in [6.07, 6.45) is 6.28. The largest absolute Gasteiger partial charge is 0.469 e. The Bertz CT molecular complexity index is 356. The maximum absolute atomic E-state index is 11.8. The number of allylic oxidation sites excluding steroid dienone is 2. The van der Waals surface area contributed by atoms with Gasteiger partial charge in [-0.25, -0.2) is 0 Å². The van der Waals surface area contributed by atoms with Gasteiger partial charge in [0.05, 0.1) is 13.0 Å². The molecule has 3 nitrogen and oxygen atoms in total. The zero-order valence-corrected chi connectivity index (χ0v) is 9.91. The molecule has 0 aromatic carbocycles. The van der Waals surface area contributed by atoms with Crippen LogP contribution in [-0.4, -0.2) is 18.9 Å². The normalized spacial score (nSPS) is 34.0. The fourth-order valence-electron chi connectivity index (χ4n) is 3.05. The first-order valence-electron chi connectivity index (χ1n) is 5.89. The van der Waals surface area contributed by atoms with Gasteiger partial charge in [0.25, 0.3) is 0 Å². The van der Waals surface area contributed by atoms with E-state index in [1.165, 1.54) is 7.11 Å². The summed E-state index contributed by atoms with van der Waals surface area (Å²) in [4.78, 5) is 23.4. The van der Waals surface area contributed by atoms with E-state index in [-0.39, 0.29) is 23.1 Å². The van der Waals surface area contributed by atoms with E-state index in [1.807, 2.05) is 0 Å². The molecule has 0 aliphatic heterocycles. The van der Waals surface area contributed by atoms with E-state index in [9.17, 15) is 9.59 Å². The maximum Gasteiger partial charge on any atom is 0.310 e. The van der Waals surface area contributed by atoms with E-state index >= 15 is 0 Å². The summed E-state index contributed by atoms with van der Waals surface area (Å²) in [5.74, 6) is -0.432. The minimum Gasteiger partial charge on any atom is -0.469 e. The van der Waals surface area contributed by atoms with Gasteiger partial charge in [-0.3, -0.25) is 9.59 Å². The van der Waals surface area contributed by atoms with E-state index in [0.717, 1.165) is 31.3 Å². The Morgan fingerprint density at radius 2 is 2.25 bits per heavy atom. The van der Waals surface area contributed by atoms with Gasteiger partial charge >= 0.3 is 5.97 Å². The van der Waals surface area contributed by atoms with Crippen LogP contribution >= 0.6 is 0 Å². The fraction of sp³-hybridized carbons (Fsp3) is 0.692. The number of rotatable bonds is 1. The molecular formula is C13H18O3. The van der Waals surface area contributed by atoms with Crippen LogP contribution in [0.15, 0.2) is 11.6 Å². The third-order valence-corrected chi connectivity index (χ3v) is 4.12. The molecule has 1 fully saturated rings. The summed E-state index contributed by atoms with van der Waals surface area (Å²) in [6.45, 7) is 2.10. The molecule has 2 aliphatic carbocycles. The summed E-state index contributed by atoms with van der Waals surface area (Å²) >= 11 is 0. The molecule has 2 atom stereocenters. The van der Waals surface area contributed by atoms with Crippen molar-refractivity contribution < 1.29 is 14.3 Å². The molecule has 1 saturated carbocycles. The van der Waals surface area contributed by atoms with Gasteiger partial charge in [-0.1, -0.05) is 18.9 Å². The molecule has 0 unspecified atom stereocenters. The highest BCUT2D eigenvalue weighted by Gasteiger charge is 2.46. The number of ether oxygens (including phenoxy) is 1. The van der Waals surface area contributed by atoms with Crippen molar-refractivity contribution in [3.05, 3.63) is 11.6 Å². The third-order valence-electron chi connectivity index (χ3n) is 4.12. The lowest BCUT2D eigenvalue weighted by atomic mass is 9.60. The van der Waals surface area contributed by atoms with E-state index in [0.29, 0.717) is 6.42 Å². The predicted octanol–water partition coefficient (Wildman–Crippen LogP) is 2.26. The number of hydrogen-bond acceptors (Lipinski definition) is 3. The molecule has 0 amide bonds. The van der Waals surface area contributed by atoms with Gasteiger partial charge in [-0.05, 0) is 25.3 Å². The Kier molecular flexibility index (Phi) is 2.87. The van der Waals surface area contributed by atoms with Crippen LogP contribution in [0.4, 0.5) is 0 Å². The molecule has 0 aromatic heterocycles. The topological polar surface area (TPSA) is 43.4 Å². The molecule has 88 valence electrons. The van der Waals surface area contributed by atoms with Crippen molar-refractivity contribution in [2.24, 2.45) is 11.3 Å². The first-order valence-corrected chi connectivity index (χ1v) is 5.89. The number of ketones is 1. The SMILES string of the molecule is COC(=O)[C@H]1CC(=O)C=C2CCCC[C@@]21C. The zero-order chi connectivity index (χ0) is 11.8. The Morgan fingerprint density at radius 3 is 2.94 bits per heavy atom. The second-order valence-corrected chi connectivity index (χ2v) is 5.04. The Labute approximate surface area is 95.9 Å². The van der Waals surface area contributed by atoms with Gasteiger partial charge in [0.2, 0.25) is 0 Å². The molecule has 0 bridgehead atoms. The van der Waals surface area contributed by atoms with Gasteiger partial charge in [-0.2, -0.15) is 0 Å². The molecule has 2 aliphatic rings. The quantitative estimate of drug-likeness (QED) is 0.639. The van der Waals surface area contributed by atoms with E-state index in [2.05, 4.69) is 6.92 Å². The Balaban J connectivity index is 2.36. The lowest BCUT2D eigenvalue weighted by Crippen LogP contribution is -2.41. The lowest BCUT2D eigenvalue weighted by Gasteiger charge is -2.43. The van der Waals surface area contributed by atoms with Crippen LogP contribution in [0.2, 0.25) is 0 Å². The van der Waals surface area contributed by atoms with Crippen molar-refractivity contribution >= 4 is 11.8 Å². The van der Waals surface area contributed by atoms with Crippen molar-refractivity contribution in [3.63, 3.8) is 0 Å². The van der Waals surface area contributed by atoms with E-state index < -0.39 is 0 Å². The average Bonchev–Trinajstić information content (AvgIpc) is 2.28. The van der Waals surface area contributed by atoms with Crippen LogP contribution in [-0.2, 0) is 14.3 Å². The molecule has 3 heteroatoms. The first kappa shape index (κ1) is 11.4. The minimum atomic E-state index is -0.273. The smallest absolute Gasteiger partial charge is 0.310 e. The fourth-order valence-corrected chi connectivity index (χ4v) is 3.05. The number of carbonyl (C=O) groups excluding carboxylic acids is 2. The van der Waals surface area contributed by atoms with Crippen molar-refractivity contribution in [2.75, 3.05) is 7.11 Å². The maximum atomic E-state index is 11.8. The molecule has 0 aromatic rings. The average molecular weight is 222 g/mol. The summed E-state index contributed by atoms with van der Waals surface area (Å²) in [6, 6.07) is 0. The number of methoxy groups -OCH3 is 1. The second-order valence-electron chi connectivity index (χ2n) is 5.04. The highest BCUT2D eigenvalue weighted by Crippen LogP contribution is 2.50. The standard InChI is InChI=1S/C13H18O3/c1-13-6-4-3-5-9(13)7-10(14)8-11(13)12(15)16-2/h7,11H,3-6,8H2,1-2H3/t11-,13+/m1/s1. The lowest BCUT2D eigenvalue weighted by molar-refractivity contribution is -0.152. The molecule has 0 N–H and O–H groups in total. The number of esters is 1. The monoisotopic (exact) mass is 222 g/mol. The van der Waals surface area contributed by atoms with Crippen LogP contribution in [0.3, 0.4) is 0 Å². The number of hydrogen-bond donors (Lipinski definition) is 0.